The predicted molar refractivity (Wildman–Crippen MR) is 91.2 cm³/mol. The summed E-state index contributed by atoms with van der Waals surface area (Å²) in [6, 6.07) is -0.954. The standard InChI is InChI=1S/C16H25N6O2/c1-9(2)7-8-21-15-17-13-12(22(15)11(4)10(3)18-21)14(23)20(6)16(24)19(13)5/h9,11-12H,7-8H2,1-6H3/q+1. The molecule has 0 saturated carbocycles. The Bertz CT molecular complexity index is 693. The molecule has 8 nitrogen and oxygen atoms in total. The van der Waals surface area contributed by atoms with Gasteiger partial charge >= 0.3 is 12.0 Å². The molecule has 0 aromatic carbocycles. The minimum absolute atomic E-state index is 0.0412. The Labute approximate surface area is 142 Å². The number of guanidine groups is 1. The number of imide groups is 1. The van der Waals surface area contributed by atoms with Crippen LogP contribution in [0, 0.1) is 5.92 Å². The highest BCUT2D eigenvalue weighted by atomic mass is 16.2. The minimum atomic E-state index is -0.560. The van der Waals surface area contributed by atoms with Gasteiger partial charge in [-0.25, -0.2) is 9.37 Å². The van der Waals surface area contributed by atoms with Crippen molar-refractivity contribution >= 4 is 29.4 Å². The van der Waals surface area contributed by atoms with Crippen LogP contribution < -0.4 is 0 Å². The largest absolute Gasteiger partial charge is 0.416 e. The Morgan fingerprint density at radius 1 is 1.21 bits per heavy atom. The van der Waals surface area contributed by atoms with Gasteiger partial charge < -0.3 is 0 Å². The van der Waals surface area contributed by atoms with Gasteiger partial charge in [0.2, 0.25) is 11.9 Å². The second-order valence-electron chi connectivity index (χ2n) is 7.04. The van der Waals surface area contributed by atoms with Crippen molar-refractivity contribution in [1.29, 1.82) is 0 Å². The van der Waals surface area contributed by atoms with Crippen LogP contribution in [-0.4, -0.2) is 81.6 Å². The van der Waals surface area contributed by atoms with E-state index in [0.717, 1.165) is 18.7 Å². The molecule has 0 aliphatic carbocycles. The number of hydrazone groups is 1. The summed E-state index contributed by atoms with van der Waals surface area (Å²) >= 11 is 0. The number of hydrogen-bond donors (Lipinski definition) is 0. The Hall–Kier alpha value is -2.25. The first-order valence-corrected chi connectivity index (χ1v) is 8.35. The van der Waals surface area contributed by atoms with E-state index in [1.54, 1.807) is 7.05 Å². The van der Waals surface area contributed by atoms with Gasteiger partial charge in [-0.2, -0.15) is 0 Å². The number of nitrogens with zero attached hydrogens (tertiary/aromatic N) is 6. The number of likely N-dealkylation sites (N-methyl/N-ethyl adjacent to an activating group) is 2. The zero-order valence-electron chi connectivity index (χ0n) is 15.1. The first kappa shape index (κ1) is 16.6. The number of carbonyl (C=O) groups excluding carboxylic acids is 2. The third-order valence-electron chi connectivity index (χ3n) is 4.90. The first-order valence-electron chi connectivity index (χ1n) is 8.35. The Kier molecular flexibility index (Phi) is 3.93. The van der Waals surface area contributed by atoms with Crippen LogP contribution in [0.25, 0.3) is 0 Å². The van der Waals surface area contributed by atoms with Crippen molar-refractivity contribution in [3.8, 4) is 0 Å². The second-order valence-corrected chi connectivity index (χ2v) is 7.04. The van der Waals surface area contributed by atoms with Crippen molar-refractivity contribution in [2.75, 3.05) is 20.6 Å². The summed E-state index contributed by atoms with van der Waals surface area (Å²) in [5, 5.41) is 6.53. The molecule has 24 heavy (non-hydrogen) atoms. The second kappa shape index (κ2) is 5.68. The van der Waals surface area contributed by atoms with Crippen molar-refractivity contribution in [3.63, 3.8) is 0 Å². The lowest BCUT2D eigenvalue weighted by atomic mass is 10.1. The molecule has 3 rings (SSSR count). The maximum absolute atomic E-state index is 12.7. The van der Waals surface area contributed by atoms with Crippen LogP contribution >= 0.6 is 0 Å². The average molecular weight is 333 g/mol. The summed E-state index contributed by atoms with van der Waals surface area (Å²) in [5.74, 6) is 1.46. The van der Waals surface area contributed by atoms with Crippen molar-refractivity contribution < 1.29 is 14.2 Å². The fourth-order valence-corrected chi connectivity index (χ4v) is 3.19. The Morgan fingerprint density at radius 2 is 1.88 bits per heavy atom. The van der Waals surface area contributed by atoms with E-state index in [2.05, 4.69) is 23.9 Å². The molecule has 0 spiro atoms. The van der Waals surface area contributed by atoms with Gasteiger partial charge in [-0.3, -0.25) is 14.6 Å². The van der Waals surface area contributed by atoms with Crippen molar-refractivity contribution in [2.45, 2.75) is 46.2 Å². The zero-order chi connectivity index (χ0) is 17.8. The van der Waals surface area contributed by atoms with E-state index in [0.29, 0.717) is 17.7 Å². The predicted octanol–water partition coefficient (Wildman–Crippen LogP) is 0.786. The van der Waals surface area contributed by atoms with E-state index in [1.807, 2.05) is 23.4 Å². The Morgan fingerprint density at radius 3 is 2.50 bits per heavy atom. The van der Waals surface area contributed by atoms with Gasteiger partial charge in [0, 0.05) is 14.1 Å². The molecule has 130 valence electrons. The lowest BCUT2D eigenvalue weighted by Crippen LogP contribution is -2.63. The molecule has 3 heterocycles. The first-order chi connectivity index (χ1) is 11.2. The number of fused-ring (bicyclic) bond motifs is 2. The van der Waals surface area contributed by atoms with Crippen LogP contribution in [0.2, 0.25) is 0 Å². The van der Waals surface area contributed by atoms with E-state index in [1.165, 1.54) is 16.8 Å². The molecule has 0 bridgehead atoms. The number of amidine groups is 1. The Balaban J connectivity index is 2.02. The molecule has 3 aliphatic rings. The quantitative estimate of drug-likeness (QED) is 0.717. The molecular formula is C16H25N6O2+. The fraction of sp³-hybridized carbons (Fsp3) is 0.688. The third-order valence-corrected chi connectivity index (χ3v) is 4.90. The minimum Gasteiger partial charge on any atom is -0.270 e. The maximum atomic E-state index is 12.7. The molecule has 3 amide bonds. The van der Waals surface area contributed by atoms with Crippen LogP contribution in [-0.2, 0) is 4.79 Å². The number of carbonyl (C=O) groups is 2. The summed E-state index contributed by atoms with van der Waals surface area (Å²) in [4.78, 5) is 32.2. The summed E-state index contributed by atoms with van der Waals surface area (Å²) in [7, 11) is 3.18. The molecular weight excluding hydrogens is 308 g/mol. The van der Waals surface area contributed by atoms with E-state index >= 15 is 0 Å². The number of hydrogen-bond acceptors (Lipinski definition) is 5. The van der Waals surface area contributed by atoms with Crippen LogP contribution in [0.4, 0.5) is 4.79 Å². The number of amides is 3. The highest BCUT2D eigenvalue weighted by molar-refractivity contribution is 6.23. The van der Waals surface area contributed by atoms with E-state index in [-0.39, 0.29) is 18.0 Å². The average Bonchev–Trinajstić information content (AvgIpc) is 2.93. The molecule has 0 aromatic rings. The highest BCUT2D eigenvalue weighted by Crippen LogP contribution is 2.25. The lowest BCUT2D eigenvalue weighted by Gasteiger charge is -2.33. The van der Waals surface area contributed by atoms with Crippen LogP contribution in [0.5, 0.6) is 0 Å². The molecule has 8 heteroatoms. The molecule has 0 radical (unpaired) electrons. The molecule has 2 atom stereocenters. The smallest absolute Gasteiger partial charge is 0.270 e. The SMILES string of the molecule is CC1=NN(CCC(C)C)C2=[N+](C1C)C1C(=O)N(C)C(=O)N(C)C1=N2. The number of urea groups is 1. The lowest BCUT2D eigenvalue weighted by molar-refractivity contribution is -0.559. The zero-order valence-corrected chi connectivity index (χ0v) is 15.1. The molecule has 2 unspecified atom stereocenters. The van der Waals surface area contributed by atoms with Crippen LogP contribution in [0.3, 0.4) is 0 Å². The summed E-state index contributed by atoms with van der Waals surface area (Å²) in [6.07, 6.45) is 0.973. The summed E-state index contributed by atoms with van der Waals surface area (Å²) < 4.78 is 1.99. The van der Waals surface area contributed by atoms with Gasteiger partial charge in [-0.15, -0.1) is 10.1 Å². The third kappa shape index (κ3) is 2.32. The molecule has 3 aliphatic heterocycles. The van der Waals surface area contributed by atoms with Gasteiger partial charge in [-0.05, 0) is 26.2 Å². The number of rotatable bonds is 3. The maximum Gasteiger partial charge on any atom is 0.416 e. The van der Waals surface area contributed by atoms with Gasteiger partial charge in [0.1, 0.15) is 6.04 Å². The van der Waals surface area contributed by atoms with Crippen molar-refractivity contribution in [3.05, 3.63) is 0 Å². The molecule has 0 aromatic heterocycles. The number of aliphatic imine (C=N–C) groups is 1. The molecule has 1 saturated heterocycles. The molecule has 0 N–H and O–H groups in total. The van der Waals surface area contributed by atoms with Crippen molar-refractivity contribution in [1.82, 2.24) is 14.8 Å². The van der Waals surface area contributed by atoms with Gasteiger partial charge in [-0.1, -0.05) is 18.8 Å². The highest BCUT2D eigenvalue weighted by Gasteiger charge is 2.55. The van der Waals surface area contributed by atoms with Crippen LogP contribution in [0.15, 0.2) is 10.1 Å². The van der Waals surface area contributed by atoms with Gasteiger partial charge in [0.15, 0.2) is 0 Å². The topological polar surface area (TPSA) is 71.6 Å². The fourth-order valence-electron chi connectivity index (χ4n) is 3.19. The van der Waals surface area contributed by atoms with Crippen molar-refractivity contribution in [2.24, 2.45) is 16.0 Å². The van der Waals surface area contributed by atoms with Gasteiger partial charge in [0.05, 0.1) is 12.3 Å². The van der Waals surface area contributed by atoms with Gasteiger partial charge in [0.25, 0.3) is 5.91 Å². The summed E-state index contributed by atoms with van der Waals surface area (Å²) in [5.41, 5.74) is 0.939. The monoisotopic (exact) mass is 333 g/mol. The van der Waals surface area contributed by atoms with E-state index in [9.17, 15) is 9.59 Å². The normalized spacial score (nSPS) is 26.9. The van der Waals surface area contributed by atoms with E-state index in [4.69, 9.17) is 0 Å². The summed E-state index contributed by atoms with van der Waals surface area (Å²) in [6.45, 7) is 9.04. The van der Waals surface area contributed by atoms with E-state index < -0.39 is 6.04 Å². The molecule has 1 fully saturated rings. The van der Waals surface area contributed by atoms with Crippen LogP contribution in [0.1, 0.15) is 34.1 Å².